The fourth-order valence-corrected chi connectivity index (χ4v) is 4.44. The van der Waals surface area contributed by atoms with Gasteiger partial charge in [0.15, 0.2) is 5.78 Å². The van der Waals surface area contributed by atoms with Crippen LogP contribution in [0.15, 0.2) is 42.5 Å². The van der Waals surface area contributed by atoms with Crippen molar-refractivity contribution in [2.45, 2.75) is 38.5 Å². The summed E-state index contributed by atoms with van der Waals surface area (Å²) < 4.78 is 7.91. The lowest BCUT2D eigenvalue weighted by molar-refractivity contribution is -0.133. The molecule has 2 aliphatic rings. The largest absolute Gasteiger partial charge is 0.487 e. The van der Waals surface area contributed by atoms with Gasteiger partial charge in [0, 0.05) is 30.0 Å². The molecule has 1 saturated carbocycles. The van der Waals surface area contributed by atoms with E-state index in [-0.39, 0.29) is 30.5 Å². The van der Waals surface area contributed by atoms with Crippen LogP contribution in [0.4, 0.5) is 0 Å². The average molecular weight is 403 g/mol. The average Bonchev–Trinajstić information content (AvgIpc) is 3.24. The third-order valence-corrected chi connectivity index (χ3v) is 5.97. The van der Waals surface area contributed by atoms with Crippen LogP contribution < -0.4 is 4.74 Å². The summed E-state index contributed by atoms with van der Waals surface area (Å²) in [7, 11) is 1.90. The van der Waals surface area contributed by atoms with E-state index in [9.17, 15) is 14.4 Å². The molecule has 152 valence electrons. The van der Waals surface area contributed by atoms with Gasteiger partial charge in [-0.25, -0.2) is 0 Å². The molecular formula is C23H21N3O4. The van der Waals surface area contributed by atoms with Gasteiger partial charge >= 0.3 is 0 Å². The number of ketones is 2. The van der Waals surface area contributed by atoms with Crippen molar-refractivity contribution in [3.63, 3.8) is 0 Å². The zero-order valence-electron chi connectivity index (χ0n) is 16.6. The van der Waals surface area contributed by atoms with E-state index in [1.54, 1.807) is 17.0 Å². The Morgan fingerprint density at radius 1 is 1.10 bits per heavy atom. The summed E-state index contributed by atoms with van der Waals surface area (Å²) >= 11 is 0. The van der Waals surface area contributed by atoms with Crippen LogP contribution in [-0.2, 0) is 29.8 Å². The quantitative estimate of drug-likeness (QED) is 0.626. The first-order chi connectivity index (χ1) is 14.5. The molecule has 0 N–H and O–H groups in total. The molecule has 1 unspecified atom stereocenters. The van der Waals surface area contributed by atoms with Crippen LogP contribution >= 0.6 is 0 Å². The highest BCUT2D eigenvalue weighted by molar-refractivity contribution is 6.07. The third kappa shape index (κ3) is 2.98. The summed E-state index contributed by atoms with van der Waals surface area (Å²) in [5, 5.41) is 5.59. The number of benzene rings is 2. The predicted molar refractivity (Wildman–Crippen MR) is 109 cm³/mol. The molecule has 0 bridgehead atoms. The number of nitrogens with zero attached hydrogens (tertiary/aromatic N) is 3. The first-order valence-corrected chi connectivity index (χ1v) is 10.0. The molecule has 0 saturated heterocycles. The summed E-state index contributed by atoms with van der Waals surface area (Å²) in [6, 6.07) is 12.8. The molecule has 5 rings (SSSR count). The third-order valence-electron chi connectivity index (χ3n) is 5.97. The van der Waals surface area contributed by atoms with E-state index in [2.05, 4.69) is 5.10 Å². The Hall–Kier alpha value is -3.48. The number of Topliss-reactive ketones (excluding diaryl/α,β-unsaturated/α-hetero) is 2. The van der Waals surface area contributed by atoms with Crippen LogP contribution in [0, 0.1) is 0 Å². The number of hydrogen-bond acceptors (Lipinski definition) is 5. The summed E-state index contributed by atoms with van der Waals surface area (Å²) in [5.41, 5.74) is 3.20. The van der Waals surface area contributed by atoms with Crippen LogP contribution in [0.5, 0.6) is 5.75 Å². The predicted octanol–water partition coefficient (Wildman–Crippen LogP) is 2.80. The standard InChI is InChI=1S/C23H21N3O4/c1-25-19-7-3-2-5-16(19)18(24-25)13-30-22-8-4-6-15-17(22)12-26(23(15)29)20-10-9-14(27)11-21(20)28/h2-8,20H,9-13H2,1H3. The Morgan fingerprint density at radius 3 is 2.77 bits per heavy atom. The van der Waals surface area contributed by atoms with Crippen molar-refractivity contribution in [3.8, 4) is 5.75 Å². The van der Waals surface area contributed by atoms with Crippen molar-refractivity contribution in [2.75, 3.05) is 0 Å². The number of amides is 1. The van der Waals surface area contributed by atoms with E-state index >= 15 is 0 Å². The second-order valence-corrected chi connectivity index (χ2v) is 7.83. The number of rotatable bonds is 4. The Labute approximate surface area is 173 Å². The van der Waals surface area contributed by atoms with E-state index in [4.69, 9.17) is 4.74 Å². The maximum absolute atomic E-state index is 12.9. The van der Waals surface area contributed by atoms with Gasteiger partial charge in [-0.3, -0.25) is 19.1 Å². The number of ether oxygens (including phenoxy) is 1. The lowest BCUT2D eigenvalue weighted by atomic mass is 9.92. The highest BCUT2D eigenvalue weighted by Gasteiger charge is 2.40. The molecule has 0 radical (unpaired) electrons. The van der Waals surface area contributed by atoms with Gasteiger partial charge in [0.1, 0.15) is 23.8 Å². The van der Waals surface area contributed by atoms with Gasteiger partial charge in [-0.15, -0.1) is 0 Å². The maximum atomic E-state index is 12.9. The first kappa shape index (κ1) is 18.5. The topological polar surface area (TPSA) is 81.5 Å². The molecular weight excluding hydrogens is 382 g/mol. The van der Waals surface area contributed by atoms with Crippen molar-refractivity contribution in [1.82, 2.24) is 14.7 Å². The zero-order valence-corrected chi connectivity index (χ0v) is 16.6. The van der Waals surface area contributed by atoms with Crippen molar-refractivity contribution >= 4 is 28.4 Å². The van der Waals surface area contributed by atoms with E-state index in [0.29, 0.717) is 30.7 Å². The molecule has 1 amide bonds. The molecule has 0 spiro atoms. The van der Waals surface area contributed by atoms with Gasteiger partial charge in [0.2, 0.25) is 0 Å². The second-order valence-electron chi connectivity index (χ2n) is 7.83. The van der Waals surface area contributed by atoms with Gasteiger partial charge in [-0.05, 0) is 24.6 Å². The maximum Gasteiger partial charge on any atom is 0.255 e. The molecule has 7 heteroatoms. The number of hydrogen-bond donors (Lipinski definition) is 0. The molecule has 1 aliphatic heterocycles. The van der Waals surface area contributed by atoms with Gasteiger partial charge in [-0.1, -0.05) is 24.3 Å². The molecule has 1 atom stereocenters. The lowest BCUT2D eigenvalue weighted by Gasteiger charge is -2.29. The first-order valence-electron chi connectivity index (χ1n) is 10.0. The van der Waals surface area contributed by atoms with Crippen molar-refractivity contribution in [1.29, 1.82) is 0 Å². The molecule has 3 aromatic rings. The smallest absolute Gasteiger partial charge is 0.255 e. The normalized spacial score (nSPS) is 18.9. The van der Waals surface area contributed by atoms with Crippen LogP contribution in [0.25, 0.3) is 10.9 Å². The van der Waals surface area contributed by atoms with Gasteiger partial charge in [-0.2, -0.15) is 5.10 Å². The van der Waals surface area contributed by atoms with E-state index in [1.165, 1.54) is 0 Å². The molecule has 30 heavy (non-hydrogen) atoms. The van der Waals surface area contributed by atoms with Gasteiger partial charge in [0.05, 0.1) is 24.5 Å². The van der Waals surface area contributed by atoms with E-state index in [1.807, 2.05) is 42.1 Å². The van der Waals surface area contributed by atoms with Crippen LogP contribution in [0.1, 0.15) is 40.9 Å². The molecule has 7 nitrogen and oxygen atoms in total. The SMILES string of the molecule is Cn1nc(COc2cccc3c2CN(C2CCC(=O)CC2=O)C3=O)c2ccccc21. The summed E-state index contributed by atoms with van der Waals surface area (Å²) in [6.45, 7) is 0.598. The van der Waals surface area contributed by atoms with Gasteiger partial charge in [0.25, 0.3) is 5.91 Å². The number of carbonyl (C=O) groups excluding carboxylic acids is 3. The van der Waals surface area contributed by atoms with Crippen molar-refractivity contribution < 1.29 is 19.1 Å². The summed E-state index contributed by atoms with van der Waals surface area (Å²) in [6.07, 6.45) is 0.654. The number of carbonyl (C=O) groups is 3. The number of aromatic nitrogens is 2. The van der Waals surface area contributed by atoms with Gasteiger partial charge < -0.3 is 9.64 Å². The number of aryl methyl sites for hydroxylation is 1. The minimum atomic E-state index is -0.532. The minimum Gasteiger partial charge on any atom is -0.487 e. The van der Waals surface area contributed by atoms with E-state index in [0.717, 1.165) is 22.2 Å². The fraction of sp³-hybridized carbons (Fsp3) is 0.304. The summed E-state index contributed by atoms with van der Waals surface area (Å²) in [4.78, 5) is 38.4. The Bertz CT molecular complexity index is 1200. The lowest BCUT2D eigenvalue weighted by Crippen LogP contribution is -2.44. The molecule has 2 heterocycles. The fourth-order valence-electron chi connectivity index (χ4n) is 4.44. The Morgan fingerprint density at radius 2 is 1.93 bits per heavy atom. The highest BCUT2D eigenvalue weighted by atomic mass is 16.5. The Kier molecular flexibility index (Phi) is 4.38. The molecule has 1 fully saturated rings. The number of para-hydroxylation sites is 1. The minimum absolute atomic E-state index is 0.0491. The number of fused-ring (bicyclic) bond motifs is 2. The zero-order chi connectivity index (χ0) is 20.8. The molecule has 1 aromatic heterocycles. The van der Waals surface area contributed by atoms with Crippen LogP contribution in [-0.4, -0.2) is 38.2 Å². The monoisotopic (exact) mass is 403 g/mol. The van der Waals surface area contributed by atoms with E-state index < -0.39 is 6.04 Å². The highest BCUT2D eigenvalue weighted by Crippen LogP contribution is 2.34. The van der Waals surface area contributed by atoms with Crippen molar-refractivity contribution in [2.24, 2.45) is 7.05 Å². The van der Waals surface area contributed by atoms with Crippen LogP contribution in [0.2, 0.25) is 0 Å². The van der Waals surface area contributed by atoms with Crippen LogP contribution in [0.3, 0.4) is 0 Å². The van der Waals surface area contributed by atoms with Crippen molar-refractivity contribution in [3.05, 3.63) is 59.3 Å². The summed E-state index contributed by atoms with van der Waals surface area (Å²) in [5.74, 6) is 0.228. The molecule has 1 aliphatic carbocycles. The Balaban J connectivity index is 1.39. The molecule has 2 aromatic carbocycles. The second kappa shape index (κ2) is 7.09.